The van der Waals surface area contributed by atoms with Crippen LogP contribution >= 0.6 is 23.2 Å². The molecule has 33 heavy (non-hydrogen) atoms. The molecule has 0 radical (unpaired) electrons. The Hall–Kier alpha value is -2.98. The first-order valence-electron chi connectivity index (χ1n) is 10.9. The molecule has 2 aliphatic rings. The van der Waals surface area contributed by atoms with E-state index in [9.17, 15) is 0 Å². The van der Waals surface area contributed by atoms with Crippen LogP contribution in [0.25, 0.3) is 0 Å². The van der Waals surface area contributed by atoms with Crippen molar-refractivity contribution in [2.24, 2.45) is 0 Å². The van der Waals surface area contributed by atoms with Gasteiger partial charge in [-0.2, -0.15) is 0 Å². The maximum atomic E-state index is 7.21. The number of anilines is 1. The highest BCUT2D eigenvalue weighted by Crippen LogP contribution is 2.56. The van der Waals surface area contributed by atoms with Gasteiger partial charge < -0.3 is 14.4 Å². The van der Waals surface area contributed by atoms with Gasteiger partial charge in [-0.05, 0) is 36.2 Å². The molecule has 0 saturated heterocycles. The van der Waals surface area contributed by atoms with Crippen molar-refractivity contribution in [3.05, 3.63) is 129 Å². The van der Waals surface area contributed by atoms with Crippen molar-refractivity contribution in [3.63, 3.8) is 0 Å². The first-order chi connectivity index (χ1) is 16.1. The summed E-state index contributed by atoms with van der Waals surface area (Å²) < 4.78 is 13.5. The number of hydrogen-bond acceptors (Lipinski definition) is 3. The summed E-state index contributed by atoms with van der Waals surface area (Å²) in [7, 11) is 0. The van der Waals surface area contributed by atoms with Crippen molar-refractivity contribution in [1.29, 1.82) is 0 Å². The number of para-hydroxylation sites is 1. The first-order valence-corrected chi connectivity index (χ1v) is 11.7. The molecule has 0 aromatic heterocycles. The van der Waals surface area contributed by atoms with Gasteiger partial charge in [0.15, 0.2) is 12.5 Å². The number of ether oxygens (including phenoxy) is 2. The standard InChI is InChI=1S/C28H21Cl2NO2/c1-18-31-25-15-9-8-14-23(25)28(19-10-4-2-5-11-19,20-12-6-3-7-13-20)33-27(31)22-16-21(29)17-24(30)26(22)32-18/h2-18,27H,1H3. The van der Waals surface area contributed by atoms with Crippen LogP contribution in [0.1, 0.15) is 35.4 Å². The van der Waals surface area contributed by atoms with E-state index >= 15 is 0 Å². The van der Waals surface area contributed by atoms with E-state index in [0.29, 0.717) is 15.8 Å². The molecule has 4 aromatic rings. The largest absolute Gasteiger partial charge is 0.469 e. The van der Waals surface area contributed by atoms with E-state index in [1.165, 1.54) is 0 Å². The Kier molecular flexibility index (Phi) is 4.88. The maximum absolute atomic E-state index is 7.21. The predicted molar refractivity (Wildman–Crippen MR) is 132 cm³/mol. The van der Waals surface area contributed by atoms with Gasteiger partial charge >= 0.3 is 0 Å². The molecule has 0 bridgehead atoms. The van der Waals surface area contributed by atoms with E-state index < -0.39 is 11.8 Å². The van der Waals surface area contributed by atoms with Gasteiger partial charge in [0.25, 0.3) is 0 Å². The molecule has 0 fully saturated rings. The molecule has 3 nitrogen and oxygen atoms in total. The second-order valence-corrected chi connectivity index (χ2v) is 9.17. The van der Waals surface area contributed by atoms with E-state index in [1.807, 2.05) is 49.4 Å². The fourth-order valence-corrected chi connectivity index (χ4v) is 5.64. The highest BCUT2D eigenvalue weighted by Gasteiger charge is 2.51. The van der Waals surface area contributed by atoms with Crippen LogP contribution < -0.4 is 9.64 Å². The Labute approximate surface area is 203 Å². The molecule has 0 aliphatic carbocycles. The Bertz CT molecular complexity index is 1290. The topological polar surface area (TPSA) is 21.7 Å². The average Bonchev–Trinajstić information content (AvgIpc) is 2.85. The fourth-order valence-electron chi connectivity index (χ4n) is 5.09. The molecule has 0 saturated carbocycles. The Morgan fingerprint density at radius 3 is 2.06 bits per heavy atom. The van der Waals surface area contributed by atoms with Gasteiger partial charge in [0.1, 0.15) is 11.4 Å². The van der Waals surface area contributed by atoms with Gasteiger partial charge in [-0.1, -0.05) is 102 Å². The highest BCUT2D eigenvalue weighted by molar-refractivity contribution is 6.35. The predicted octanol–water partition coefficient (Wildman–Crippen LogP) is 7.56. The van der Waals surface area contributed by atoms with Gasteiger partial charge in [0.2, 0.25) is 0 Å². The van der Waals surface area contributed by atoms with Crippen molar-refractivity contribution in [2.75, 3.05) is 4.90 Å². The van der Waals surface area contributed by atoms with Gasteiger partial charge in [-0.25, -0.2) is 0 Å². The summed E-state index contributed by atoms with van der Waals surface area (Å²) in [5.41, 5.74) is 4.20. The normalized spacial score (nSPS) is 20.3. The number of benzene rings is 4. The number of rotatable bonds is 2. The SMILES string of the molecule is CC1Oc2c(Cl)cc(Cl)cc2C2OC(c3ccccc3)(c3ccccc3)c3ccccc3N12. The zero-order valence-corrected chi connectivity index (χ0v) is 19.4. The fraction of sp³-hybridized carbons (Fsp3) is 0.143. The second kappa shape index (κ2) is 7.81. The lowest BCUT2D eigenvalue weighted by Gasteiger charge is -2.53. The van der Waals surface area contributed by atoms with Crippen LogP contribution in [0.4, 0.5) is 5.69 Å². The van der Waals surface area contributed by atoms with Gasteiger partial charge in [0.05, 0.1) is 5.02 Å². The highest BCUT2D eigenvalue weighted by atomic mass is 35.5. The Balaban J connectivity index is 1.69. The number of fused-ring (bicyclic) bond motifs is 5. The maximum Gasteiger partial charge on any atom is 0.171 e. The molecule has 0 spiro atoms. The summed E-state index contributed by atoms with van der Waals surface area (Å²) in [5.74, 6) is 0.615. The molecule has 6 rings (SSSR count). The summed E-state index contributed by atoms with van der Waals surface area (Å²) in [6.45, 7) is 2.01. The zero-order valence-electron chi connectivity index (χ0n) is 17.9. The summed E-state index contributed by atoms with van der Waals surface area (Å²) in [6.07, 6.45) is -0.734. The summed E-state index contributed by atoms with van der Waals surface area (Å²) in [6, 6.07) is 32.7. The lowest BCUT2D eigenvalue weighted by molar-refractivity contribution is -0.0829. The van der Waals surface area contributed by atoms with Crippen LogP contribution in [0.15, 0.2) is 97.1 Å². The smallest absolute Gasteiger partial charge is 0.171 e. The molecule has 4 aromatic carbocycles. The van der Waals surface area contributed by atoms with E-state index in [-0.39, 0.29) is 6.23 Å². The molecule has 2 unspecified atom stereocenters. The first kappa shape index (κ1) is 20.6. The number of halogens is 2. The van der Waals surface area contributed by atoms with Crippen LogP contribution in [-0.2, 0) is 10.3 Å². The van der Waals surface area contributed by atoms with Crippen LogP contribution in [0.3, 0.4) is 0 Å². The minimum absolute atomic E-state index is 0.285. The van der Waals surface area contributed by atoms with Gasteiger partial charge in [-0.3, -0.25) is 0 Å². The zero-order chi connectivity index (χ0) is 22.6. The van der Waals surface area contributed by atoms with E-state index in [4.69, 9.17) is 32.7 Å². The molecular weight excluding hydrogens is 453 g/mol. The minimum Gasteiger partial charge on any atom is -0.469 e. The average molecular weight is 474 g/mol. The molecule has 0 N–H and O–H groups in total. The number of hydrogen-bond donors (Lipinski definition) is 0. The number of nitrogens with zero attached hydrogens (tertiary/aromatic N) is 1. The lowest BCUT2D eigenvalue weighted by Crippen LogP contribution is -2.53. The molecule has 2 heterocycles. The molecule has 2 aliphatic heterocycles. The molecule has 5 heteroatoms. The minimum atomic E-state index is -0.830. The summed E-state index contributed by atoms with van der Waals surface area (Å²) in [4.78, 5) is 2.16. The Morgan fingerprint density at radius 1 is 0.788 bits per heavy atom. The van der Waals surface area contributed by atoms with Crippen LogP contribution in [0, 0.1) is 0 Å². The van der Waals surface area contributed by atoms with E-state index in [2.05, 4.69) is 53.4 Å². The van der Waals surface area contributed by atoms with Crippen LogP contribution in [-0.4, -0.2) is 6.23 Å². The van der Waals surface area contributed by atoms with Crippen LogP contribution in [0.2, 0.25) is 10.0 Å². The molecule has 2 atom stereocenters. The summed E-state index contributed by atoms with van der Waals surface area (Å²) in [5, 5.41) is 1.03. The van der Waals surface area contributed by atoms with Gasteiger partial charge in [0, 0.05) is 21.8 Å². The van der Waals surface area contributed by atoms with Crippen LogP contribution in [0.5, 0.6) is 5.75 Å². The summed E-state index contributed by atoms with van der Waals surface area (Å²) >= 11 is 13.0. The quantitative estimate of drug-likeness (QED) is 0.299. The van der Waals surface area contributed by atoms with Crippen molar-refractivity contribution >= 4 is 28.9 Å². The third-order valence-corrected chi connectivity index (χ3v) is 6.95. The van der Waals surface area contributed by atoms with Crippen molar-refractivity contribution in [2.45, 2.75) is 25.0 Å². The third-order valence-electron chi connectivity index (χ3n) is 6.45. The molecular formula is C28H21Cl2NO2. The Morgan fingerprint density at radius 2 is 1.39 bits per heavy atom. The second-order valence-electron chi connectivity index (χ2n) is 8.33. The molecule has 0 amide bonds. The van der Waals surface area contributed by atoms with Crippen molar-refractivity contribution in [1.82, 2.24) is 0 Å². The van der Waals surface area contributed by atoms with E-state index in [0.717, 1.165) is 27.9 Å². The monoisotopic (exact) mass is 473 g/mol. The van der Waals surface area contributed by atoms with Crippen molar-refractivity contribution in [3.8, 4) is 5.75 Å². The third kappa shape index (κ3) is 3.07. The van der Waals surface area contributed by atoms with Gasteiger partial charge in [-0.15, -0.1) is 0 Å². The van der Waals surface area contributed by atoms with Crippen molar-refractivity contribution < 1.29 is 9.47 Å². The molecule has 164 valence electrons. The van der Waals surface area contributed by atoms with E-state index in [1.54, 1.807) is 6.07 Å². The lowest BCUT2D eigenvalue weighted by atomic mass is 9.77.